The van der Waals surface area contributed by atoms with Crippen LogP contribution in [0.15, 0.2) is 12.7 Å². The molecule has 0 atom stereocenters. The van der Waals surface area contributed by atoms with Crippen LogP contribution in [0.3, 0.4) is 0 Å². The second kappa shape index (κ2) is 7.97. The SMILES string of the molecule is C=CC(N)=O.CC(C)(C)S(=O)(=O)[O-].[K+]. The third-order valence-corrected chi connectivity index (χ3v) is 2.45. The Balaban J connectivity index is -0.000000177. The molecule has 7 heteroatoms. The molecule has 0 saturated carbocycles. The van der Waals surface area contributed by atoms with E-state index in [2.05, 4.69) is 12.3 Å². The van der Waals surface area contributed by atoms with Crippen LogP contribution in [-0.4, -0.2) is 23.6 Å². The van der Waals surface area contributed by atoms with E-state index < -0.39 is 20.8 Å². The Morgan fingerprint density at radius 2 is 1.57 bits per heavy atom. The van der Waals surface area contributed by atoms with Crippen molar-refractivity contribution in [3.05, 3.63) is 12.7 Å². The first-order valence-electron chi connectivity index (χ1n) is 3.39. The predicted molar refractivity (Wildman–Crippen MR) is 48.8 cm³/mol. The molecule has 0 aromatic rings. The van der Waals surface area contributed by atoms with E-state index in [4.69, 9.17) is 0 Å². The van der Waals surface area contributed by atoms with Crippen LogP contribution < -0.4 is 57.1 Å². The molecule has 0 saturated heterocycles. The zero-order valence-corrected chi connectivity index (χ0v) is 12.8. The number of rotatable bonds is 1. The predicted octanol–water partition coefficient (Wildman–Crippen LogP) is -3.01. The van der Waals surface area contributed by atoms with Gasteiger partial charge in [-0.25, -0.2) is 8.42 Å². The maximum atomic E-state index is 10.1. The minimum absolute atomic E-state index is 0. The minimum Gasteiger partial charge on any atom is -0.748 e. The first-order valence-corrected chi connectivity index (χ1v) is 4.80. The summed E-state index contributed by atoms with van der Waals surface area (Å²) in [7, 11) is -4.09. The van der Waals surface area contributed by atoms with Crippen molar-refractivity contribution in [2.24, 2.45) is 5.73 Å². The third-order valence-electron chi connectivity index (χ3n) is 0.951. The Labute approximate surface area is 127 Å². The van der Waals surface area contributed by atoms with Crippen molar-refractivity contribution >= 4 is 16.0 Å². The van der Waals surface area contributed by atoms with Crippen molar-refractivity contribution in [2.75, 3.05) is 0 Å². The fourth-order valence-electron chi connectivity index (χ4n) is 0. The molecular weight excluding hydrogens is 233 g/mol. The van der Waals surface area contributed by atoms with Crippen LogP contribution in [0, 0.1) is 0 Å². The summed E-state index contributed by atoms with van der Waals surface area (Å²) in [6, 6.07) is 0. The number of carbonyl (C=O) groups excluding carboxylic acids is 1. The van der Waals surface area contributed by atoms with Crippen molar-refractivity contribution in [1.82, 2.24) is 0 Å². The van der Waals surface area contributed by atoms with Gasteiger partial charge in [0.1, 0.15) is 0 Å². The van der Waals surface area contributed by atoms with E-state index in [9.17, 15) is 17.8 Å². The summed E-state index contributed by atoms with van der Waals surface area (Å²) < 4.78 is 29.1. The molecule has 2 N–H and O–H groups in total. The summed E-state index contributed by atoms with van der Waals surface area (Å²) in [5.74, 6) is -0.481. The zero-order valence-electron chi connectivity index (χ0n) is 8.90. The number of nitrogens with two attached hydrogens (primary N) is 1. The fraction of sp³-hybridized carbons (Fsp3) is 0.571. The molecule has 0 spiro atoms. The van der Waals surface area contributed by atoms with Crippen LogP contribution in [0.1, 0.15) is 20.8 Å². The zero-order chi connectivity index (χ0) is 11.3. The van der Waals surface area contributed by atoms with E-state index >= 15 is 0 Å². The fourth-order valence-corrected chi connectivity index (χ4v) is 0. The van der Waals surface area contributed by atoms with Crippen molar-refractivity contribution in [1.29, 1.82) is 0 Å². The molecule has 0 unspecified atom stereocenters. The molecule has 0 aromatic carbocycles. The van der Waals surface area contributed by atoms with Gasteiger partial charge in [0.05, 0.1) is 14.9 Å². The molecule has 0 aliphatic rings. The van der Waals surface area contributed by atoms with Crippen LogP contribution in [0.2, 0.25) is 0 Å². The topological polar surface area (TPSA) is 100 Å². The van der Waals surface area contributed by atoms with E-state index in [1.54, 1.807) is 0 Å². The molecule has 0 aliphatic heterocycles. The molecule has 0 rings (SSSR count). The first kappa shape index (κ1) is 20.2. The monoisotopic (exact) mass is 247 g/mol. The van der Waals surface area contributed by atoms with Crippen molar-refractivity contribution in [3.8, 4) is 0 Å². The van der Waals surface area contributed by atoms with Gasteiger partial charge in [-0.05, 0) is 26.8 Å². The van der Waals surface area contributed by atoms with Gasteiger partial charge in [-0.1, -0.05) is 6.58 Å². The normalized spacial score (nSPS) is 10.3. The van der Waals surface area contributed by atoms with Crippen molar-refractivity contribution in [2.45, 2.75) is 25.5 Å². The van der Waals surface area contributed by atoms with E-state index in [0.717, 1.165) is 6.08 Å². The minimum atomic E-state index is -4.09. The summed E-state index contributed by atoms with van der Waals surface area (Å²) in [5.41, 5.74) is 4.53. The molecule has 0 fully saturated rings. The van der Waals surface area contributed by atoms with Gasteiger partial charge < -0.3 is 10.3 Å². The number of carbonyl (C=O) groups is 1. The maximum absolute atomic E-state index is 10.1. The van der Waals surface area contributed by atoms with Gasteiger partial charge in [0.2, 0.25) is 5.91 Å². The quantitative estimate of drug-likeness (QED) is 0.303. The summed E-state index contributed by atoms with van der Waals surface area (Å²) >= 11 is 0. The van der Waals surface area contributed by atoms with Crippen LogP contribution in [0.4, 0.5) is 0 Å². The Bertz CT molecular complexity index is 279. The van der Waals surface area contributed by atoms with E-state index in [0.29, 0.717) is 0 Å². The summed E-state index contributed by atoms with van der Waals surface area (Å²) in [5, 5.41) is 0. The molecule has 0 bridgehead atoms. The standard InChI is InChI=1S/C4H10O3S.C3H5NO.K/c1-4(2,3)8(5,6)7;1-2-3(4)5;/h1-3H3,(H,5,6,7);2H,1H2,(H2,4,5);/q;;+1/p-1. The van der Waals surface area contributed by atoms with Gasteiger partial charge in [-0.2, -0.15) is 0 Å². The molecule has 14 heavy (non-hydrogen) atoms. The molecule has 1 amide bonds. The Hall–Kier alpha value is 0.756. The van der Waals surface area contributed by atoms with Crippen molar-refractivity contribution < 1.29 is 69.1 Å². The van der Waals surface area contributed by atoms with Crippen LogP contribution in [-0.2, 0) is 14.9 Å². The number of hydrogen-bond donors (Lipinski definition) is 1. The third kappa shape index (κ3) is 12.8. The Kier molecular flexibility index (Phi) is 11.5. The number of hydrogen-bond acceptors (Lipinski definition) is 4. The van der Waals surface area contributed by atoms with E-state index in [-0.39, 0.29) is 51.4 Å². The smallest absolute Gasteiger partial charge is 0.748 e. The summed E-state index contributed by atoms with van der Waals surface area (Å²) in [6.07, 6.45) is 1.06. The van der Waals surface area contributed by atoms with Gasteiger partial charge in [0, 0.05) is 0 Å². The summed E-state index contributed by atoms with van der Waals surface area (Å²) in [4.78, 5) is 9.47. The van der Waals surface area contributed by atoms with Gasteiger partial charge in [-0.3, -0.25) is 4.79 Å². The van der Waals surface area contributed by atoms with Crippen LogP contribution in [0.5, 0.6) is 0 Å². The number of amides is 1. The average molecular weight is 247 g/mol. The van der Waals surface area contributed by atoms with Crippen LogP contribution >= 0.6 is 0 Å². The molecule has 0 aromatic heterocycles. The molecule has 5 nitrogen and oxygen atoms in total. The molecular formula is C7H14KNO4S. The first-order chi connectivity index (χ1) is 5.52. The second-order valence-corrected chi connectivity index (χ2v) is 5.31. The van der Waals surface area contributed by atoms with Crippen molar-refractivity contribution in [3.63, 3.8) is 0 Å². The second-order valence-electron chi connectivity index (χ2n) is 3.17. The summed E-state index contributed by atoms with van der Waals surface area (Å²) in [6.45, 7) is 7.20. The Morgan fingerprint density at radius 1 is 1.43 bits per heavy atom. The average Bonchev–Trinajstić information content (AvgIpc) is 1.84. The number of primary amides is 1. The van der Waals surface area contributed by atoms with Gasteiger partial charge in [0.15, 0.2) is 0 Å². The maximum Gasteiger partial charge on any atom is 1.00 e. The van der Waals surface area contributed by atoms with E-state index in [1.165, 1.54) is 20.8 Å². The van der Waals surface area contributed by atoms with Gasteiger partial charge >= 0.3 is 51.4 Å². The largest absolute Gasteiger partial charge is 1.00 e. The molecule has 0 heterocycles. The van der Waals surface area contributed by atoms with E-state index in [1.807, 2.05) is 0 Å². The molecule has 0 aliphatic carbocycles. The molecule has 78 valence electrons. The van der Waals surface area contributed by atoms with Gasteiger partial charge in [-0.15, -0.1) is 0 Å². The Morgan fingerprint density at radius 3 is 1.57 bits per heavy atom. The molecule has 0 radical (unpaired) electrons. The van der Waals surface area contributed by atoms with Crippen LogP contribution in [0.25, 0.3) is 0 Å². The van der Waals surface area contributed by atoms with Gasteiger partial charge in [0.25, 0.3) is 0 Å².